The number of benzene rings is 1. The number of morpholine rings is 1. The van der Waals surface area contributed by atoms with Crippen LogP contribution in [0.25, 0.3) is 0 Å². The van der Waals surface area contributed by atoms with Crippen LogP contribution < -0.4 is 5.32 Å². The maximum absolute atomic E-state index is 12.8. The zero-order valence-electron chi connectivity index (χ0n) is 15.8. The number of amides is 1. The second-order valence-electron chi connectivity index (χ2n) is 6.18. The third kappa shape index (κ3) is 5.57. The molecule has 1 N–H and O–H groups in total. The highest BCUT2D eigenvalue weighted by atomic mass is 35.5. The maximum atomic E-state index is 12.8. The van der Waals surface area contributed by atoms with E-state index in [0.717, 1.165) is 6.07 Å². The molecule has 3 rings (SSSR count). The van der Waals surface area contributed by atoms with Gasteiger partial charge in [0.15, 0.2) is 6.61 Å². The SMILES string of the molecule is O=C(COC(=O)c1ccc([N+](=O)[O-])s1)Nc1cc(S(=O)(=O)N2CCOCC2)ccc1Cl. The lowest BCUT2D eigenvalue weighted by molar-refractivity contribution is -0.380. The molecule has 14 heteroatoms. The maximum Gasteiger partial charge on any atom is 0.349 e. The standard InChI is InChI=1S/C17H16ClN3O8S2/c18-12-2-1-11(31(26,27)20-5-7-28-8-6-20)9-13(12)19-15(22)10-29-17(23)14-3-4-16(30-14)21(24)25/h1-4,9H,5-8,10H2,(H,19,22). The van der Waals surface area contributed by atoms with E-state index in [1.807, 2.05) is 0 Å². The number of carbonyl (C=O) groups is 2. The largest absolute Gasteiger partial charge is 0.451 e. The first-order valence-electron chi connectivity index (χ1n) is 8.77. The number of nitrogens with zero attached hydrogens (tertiary/aromatic N) is 2. The Morgan fingerprint density at radius 1 is 1.26 bits per heavy atom. The number of rotatable bonds is 7. The number of hydrogen-bond acceptors (Lipinski definition) is 9. The number of sulfonamides is 1. The Balaban J connectivity index is 1.64. The van der Waals surface area contributed by atoms with Gasteiger partial charge in [-0.15, -0.1) is 0 Å². The molecule has 0 spiro atoms. The Morgan fingerprint density at radius 2 is 1.97 bits per heavy atom. The van der Waals surface area contributed by atoms with Gasteiger partial charge in [0.1, 0.15) is 4.88 Å². The van der Waals surface area contributed by atoms with Crippen molar-refractivity contribution in [2.24, 2.45) is 0 Å². The molecule has 1 fully saturated rings. The molecule has 1 aliphatic rings. The van der Waals surface area contributed by atoms with Gasteiger partial charge in [0.25, 0.3) is 5.91 Å². The lowest BCUT2D eigenvalue weighted by Gasteiger charge is -2.26. The first kappa shape index (κ1) is 23.1. The Morgan fingerprint density at radius 3 is 2.61 bits per heavy atom. The quantitative estimate of drug-likeness (QED) is 0.353. The van der Waals surface area contributed by atoms with Crippen LogP contribution >= 0.6 is 22.9 Å². The van der Waals surface area contributed by atoms with Gasteiger partial charge in [-0.25, -0.2) is 13.2 Å². The molecule has 1 aromatic carbocycles. The van der Waals surface area contributed by atoms with E-state index in [2.05, 4.69) is 5.32 Å². The number of anilines is 1. The fraction of sp³-hybridized carbons (Fsp3) is 0.294. The summed E-state index contributed by atoms with van der Waals surface area (Å²) in [6.45, 7) is 0.304. The fourth-order valence-electron chi connectivity index (χ4n) is 2.62. The van der Waals surface area contributed by atoms with Gasteiger partial charge in [-0.2, -0.15) is 4.31 Å². The monoisotopic (exact) mass is 489 g/mol. The van der Waals surface area contributed by atoms with Crippen LogP contribution in [0, 0.1) is 10.1 Å². The normalized spacial score (nSPS) is 14.7. The summed E-state index contributed by atoms with van der Waals surface area (Å²) < 4.78 is 36.8. The highest BCUT2D eigenvalue weighted by molar-refractivity contribution is 7.89. The molecule has 1 saturated heterocycles. The molecular weight excluding hydrogens is 474 g/mol. The topological polar surface area (TPSA) is 145 Å². The van der Waals surface area contributed by atoms with Crippen LogP contribution in [0.1, 0.15) is 9.67 Å². The first-order valence-corrected chi connectivity index (χ1v) is 11.4. The van der Waals surface area contributed by atoms with Gasteiger partial charge >= 0.3 is 11.0 Å². The second-order valence-corrected chi connectivity index (χ2v) is 9.58. The van der Waals surface area contributed by atoms with Gasteiger partial charge in [0, 0.05) is 19.2 Å². The molecule has 0 saturated carbocycles. The molecule has 0 radical (unpaired) electrons. The molecule has 0 bridgehead atoms. The number of nitro groups is 1. The van der Waals surface area contributed by atoms with Crippen molar-refractivity contribution in [3.8, 4) is 0 Å². The lowest BCUT2D eigenvalue weighted by atomic mass is 10.3. The van der Waals surface area contributed by atoms with Crippen molar-refractivity contribution in [3.63, 3.8) is 0 Å². The molecule has 2 heterocycles. The van der Waals surface area contributed by atoms with Gasteiger partial charge < -0.3 is 14.8 Å². The number of esters is 1. The Hall–Kier alpha value is -2.58. The van der Waals surface area contributed by atoms with Crippen LogP contribution in [0.4, 0.5) is 10.7 Å². The van der Waals surface area contributed by atoms with Gasteiger partial charge in [0.05, 0.1) is 33.7 Å². The molecule has 11 nitrogen and oxygen atoms in total. The van der Waals surface area contributed by atoms with E-state index >= 15 is 0 Å². The van der Waals surface area contributed by atoms with Crippen molar-refractivity contribution in [2.75, 3.05) is 38.2 Å². The van der Waals surface area contributed by atoms with E-state index in [0.29, 0.717) is 11.3 Å². The van der Waals surface area contributed by atoms with Crippen LogP contribution in [0.15, 0.2) is 35.2 Å². The minimum atomic E-state index is -3.80. The van der Waals surface area contributed by atoms with Crippen molar-refractivity contribution in [1.29, 1.82) is 0 Å². The van der Waals surface area contributed by atoms with Crippen molar-refractivity contribution < 1.29 is 32.4 Å². The van der Waals surface area contributed by atoms with Crippen LogP contribution in [-0.4, -0.2) is 62.4 Å². The van der Waals surface area contributed by atoms with Crippen molar-refractivity contribution in [3.05, 3.63) is 50.3 Å². The van der Waals surface area contributed by atoms with Crippen LogP contribution in [0.5, 0.6) is 0 Å². The average molecular weight is 490 g/mol. The smallest absolute Gasteiger partial charge is 0.349 e. The molecule has 0 atom stereocenters. The van der Waals surface area contributed by atoms with Crippen molar-refractivity contribution >= 4 is 55.5 Å². The third-order valence-corrected chi connectivity index (χ3v) is 7.37. The van der Waals surface area contributed by atoms with Crippen LogP contribution in [0.3, 0.4) is 0 Å². The number of thiophene rings is 1. The van der Waals surface area contributed by atoms with E-state index in [1.165, 1.54) is 28.6 Å². The molecule has 0 unspecified atom stereocenters. The predicted molar refractivity (Wildman–Crippen MR) is 111 cm³/mol. The summed E-state index contributed by atoms with van der Waals surface area (Å²) in [4.78, 5) is 34.0. The molecule has 166 valence electrons. The minimum Gasteiger partial charge on any atom is -0.451 e. The molecular formula is C17H16ClN3O8S2. The Labute approximate surface area is 185 Å². The highest BCUT2D eigenvalue weighted by Gasteiger charge is 2.27. The first-order chi connectivity index (χ1) is 14.7. The van der Waals surface area contributed by atoms with Crippen molar-refractivity contribution in [2.45, 2.75) is 4.90 Å². The molecule has 0 aliphatic carbocycles. The summed E-state index contributed by atoms with van der Waals surface area (Å²) in [5.41, 5.74) is 0.0313. The highest BCUT2D eigenvalue weighted by Crippen LogP contribution is 2.28. The summed E-state index contributed by atoms with van der Waals surface area (Å²) in [5.74, 6) is -1.66. The summed E-state index contributed by atoms with van der Waals surface area (Å²) >= 11 is 6.67. The zero-order valence-corrected chi connectivity index (χ0v) is 18.2. The van der Waals surface area contributed by atoms with E-state index in [1.54, 1.807) is 0 Å². The summed E-state index contributed by atoms with van der Waals surface area (Å²) in [6.07, 6.45) is 0. The van der Waals surface area contributed by atoms with Crippen LogP contribution in [-0.2, 0) is 24.3 Å². The predicted octanol–water partition coefficient (Wildman–Crippen LogP) is 2.13. The number of nitrogens with one attached hydrogen (secondary N) is 1. The van der Waals surface area contributed by atoms with E-state index in [-0.39, 0.29) is 51.8 Å². The van der Waals surface area contributed by atoms with Gasteiger partial charge in [0.2, 0.25) is 10.0 Å². The molecule has 31 heavy (non-hydrogen) atoms. The number of carbonyl (C=O) groups excluding carboxylic acids is 2. The third-order valence-electron chi connectivity index (χ3n) is 4.13. The van der Waals surface area contributed by atoms with Crippen molar-refractivity contribution in [1.82, 2.24) is 4.31 Å². The second kappa shape index (κ2) is 9.70. The molecule has 1 amide bonds. The number of ether oxygens (including phenoxy) is 2. The van der Waals surface area contributed by atoms with Gasteiger partial charge in [-0.05, 0) is 24.3 Å². The lowest BCUT2D eigenvalue weighted by Crippen LogP contribution is -2.40. The summed E-state index contributed by atoms with van der Waals surface area (Å²) in [5, 5.41) is 12.9. The van der Waals surface area contributed by atoms with E-state index in [9.17, 15) is 28.1 Å². The fourth-order valence-corrected chi connectivity index (χ4v) is 4.93. The molecule has 1 aliphatic heterocycles. The van der Waals surface area contributed by atoms with Crippen LogP contribution in [0.2, 0.25) is 5.02 Å². The van der Waals surface area contributed by atoms with E-state index in [4.69, 9.17) is 21.1 Å². The average Bonchev–Trinajstić information content (AvgIpc) is 3.25. The zero-order chi connectivity index (χ0) is 22.6. The summed E-state index contributed by atoms with van der Waals surface area (Å²) in [7, 11) is -3.80. The van der Waals surface area contributed by atoms with Gasteiger partial charge in [-0.3, -0.25) is 14.9 Å². The Bertz CT molecular complexity index is 1110. The van der Waals surface area contributed by atoms with Gasteiger partial charge in [-0.1, -0.05) is 22.9 Å². The number of halogens is 1. The minimum absolute atomic E-state index is 0.0313. The summed E-state index contributed by atoms with van der Waals surface area (Å²) in [6, 6.07) is 6.25. The molecule has 2 aromatic rings. The van der Waals surface area contributed by atoms with E-state index < -0.39 is 33.4 Å². The Kier molecular flexibility index (Phi) is 7.23. The molecule has 1 aromatic heterocycles. The number of hydrogen-bond donors (Lipinski definition) is 1.